The van der Waals surface area contributed by atoms with Gasteiger partial charge in [0, 0.05) is 18.3 Å². The molecule has 2 N–H and O–H groups in total. The fourth-order valence-electron chi connectivity index (χ4n) is 0.621. The van der Waals surface area contributed by atoms with E-state index in [2.05, 4.69) is 4.74 Å². The maximum absolute atomic E-state index is 10.6. The van der Waals surface area contributed by atoms with Crippen molar-refractivity contribution in [1.82, 2.24) is 4.90 Å². The molecule has 0 aromatic rings. The minimum atomic E-state index is -0.413. The van der Waals surface area contributed by atoms with Gasteiger partial charge in [-0.05, 0) is 14.1 Å². The Balaban J connectivity index is 3.90. The summed E-state index contributed by atoms with van der Waals surface area (Å²) >= 11 is 0. The summed E-state index contributed by atoms with van der Waals surface area (Å²) in [5, 5.41) is 0. The van der Waals surface area contributed by atoms with Gasteiger partial charge >= 0.3 is 5.97 Å². The average Bonchev–Trinajstić information content (AvgIpc) is 1.85. The van der Waals surface area contributed by atoms with Gasteiger partial charge in [-0.25, -0.2) is 4.79 Å². The standard InChI is InChI=1S/C7H14N2O2/c1-9(2)5-6(8)4-7(10)11-3/h4H,5,8H2,1-3H3. The van der Waals surface area contributed by atoms with Gasteiger partial charge in [-0.2, -0.15) is 0 Å². The van der Waals surface area contributed by atoms with E-state index in [1.165, 1.54) is 13.2 Å². The van der Waals surface area contributed by atoms with Crippen LogP contribution in [0.2, 0.25) is 0 Å². The number of hydrogen-bond donors (Lipinski definition) is 1. The second kappa shape index (κ2) is 4.73. The molecule has 4 nitrogen and oxygen atoms in total. The van der Waals surface area contributed by atoms with Crippen molar-refractivity contribution in [3.05, 3.63) is 11.8 Å². The smallest absolute Gasteiger partial charge is 0.332 e. The molecule has 0 saturated heterocycles. The molecule has 11 heavy (non-hydrogen) atoms. The summed E-state index contributed by atoms with van der Waals surface area (Å²) in [7, 11) is 5.07. The maximum atomic E-state index is 10.6. The summed E-state index contributed by atoms with van der Waals surface area (Å²) in [4.78, 5) is 12.5. The number of ether oxygens (including phenoxy) is 1. The number of rotatable bonds is 3. The molecule has 0 rings (SSSR count). The molecule has 0 radical (unpaired) electrons. The van der Waals surface area contributed by atoms with Crippen LogP contribution in [0.3, 0.4) is 0 Å². The Labute approximate surface area is 66.6 Å². The highest BCUT2D eigenvalue weighted by atomic mass is 16.5. The van der Waals surface area contributed by atoms with Crippen molar-refractivity contribution < 1.29 is 9.53 Å². The quantitative estimate of drug-likeness (QED) is 0.447. The lowest BCUT2D eigenvalue weighted by atomic mass is 10.4. The number of methoxy groups -OCH3 is 1. The van der Waals surface area contributed by atoms with Crippen LogP contribution >= 0.6 is 0 Å². The van der Waals surface area contributed by atoms with Crippen molar-refractivity contribution in [1.29, 1.82) is 0 Å². The fraction of sp³-hybridized carbons (Fsp3) is 0.571. The third-order valence-corrected chi connectivity index (χ3v) is 1.00. The molecule has 0 saturated carbocycles. The van der Waals surface area contributed by atoms with E-state index in [0.29, 0.717) is 12.2 Å². The first-order chi connectivity index (χ1) is 5.06. The van der Waals surface area contributed by atoms with Crippen LogP contribution in [0.1, 0.15) is 0 Å². The highest BCUT2D eigenvalue weighted by molar-refractivity contribution is 5.82. The van der Waals surface area contributed by atoms with Crippen molar-refractivity contribution in [2.75, 3.05) is 27.7 Å². The predicted molar refractivity (Wildman–Crippen MR) is 42.8 cm³/mol. The molecule has 0 spiro atoms. The third-order valence-electron chi connectivity index (χ3n) is 1.00. The number of likely N-dealkylation sites (N-methyl/N-ethyl adjacent to an activating group) is 1. The number of nitrogens with zero attached hydrogens (tertiary/aromatic N) is 1. The number of carbonyl (C=O) groups is 1. The maximum Gasteiger partial charge on any atom is 0.332 e. The highest BCUT2D eigenvalue weighted by Crippen LogP contribution is 1.87. The summed E-state index contributed by atoms with van der Waals surface area (Å²) < 4.78 is 4.39. The molecule has 0 amide bonds. The molecule has 0 aliphatic rings. The van der Waals surface area contributed by atoms with Crippen LogP contribution in [0.25, 0.3) is 0 Å². The summed E-state index contributed by atoms with van der Waals surface area (Å²) in [6.45, 7) is 0.565. The zero-order valence-electron chi connectivity index (χ0n) is 7.13. The van der Waals surface area contributed by atoms with E-state index in [9.17, 15) is 4.79 Å². The van der Waals surface area contributed by atoms with E-state index in [-0.39, 0.29) is 0 Å². The van der Waals surface area contributed by atoms with Crippen LogP contribution in [0.15, 0.2) is 11.8 Å². The van der Waals surface area contributed by atoms with Gasteiger partial charge in [0.25, 0.3) is 0 Å². The molecular weight excluding hydrogens is 144 g/mol. The van der Waals surface area contributed by atoms with Crippen LogP contribution in [0.5, 0.6) is 0 Å². The predicted octanol–water partition coefficient (Wildman–Crippen LogP) is -0.436. The van der Waals surface area contributed by atoms with Gasteiger partial charge in [-0.3, -0.25) is 0 Å². The molecule has 0 fully saturated rings. The molecule has 64 valence electrons. The third kappa shape index (κ3) is 5.42. The highest BCUT2D eigenvalue weighted by Gasteiger charge is 1.97. The summed E-state index contributed by atoms with van der Waals surface area (Å²) in [5.74, 6) is -0.413. The number of hydrogen-bond acceptors (Lipinski definition) is 4. The normalized spacial score (nSPS) is 11.8. The van der Waals surface area contributed by atoms with Gasteiger partial charge in [-0.1, -0.05) is 0 Å². The van der Waals surface area contributed by atoms with E-state index in [1.807, 2.05) is 19.0 Å². The largest absolute Gasteiger partial charge is 0.466 e. The average molecular weight is 158 g/mol. The minimum Gasteiger partial charge on any atom is -0.466 e. The number of nitrogens with two attached hydrogens (primary N) is 1. The molecule has 0 aliphatic heterocycles. The lowest BCUT2D eigenvalue weighted by molar-refractivity contribution is -0.134. The van der Waals surface area contributed by atoms with E-state index < -0.39 is 5.97 Å². The van der Waals surface area contributed by atoms with Crippen LogP contribution in [0, 0.1) is 0 Å². The Kier molecular flexibility index (Phi) is 4.29. The first kappa shape index (κ1) is 9.97. The van der Waals surface area contributed by atoms with Gasteiger partial charge in [0.1, 0.15) is 0 Å². The Morgan fingerprint density at radius 2 is 2.18 bits per heavy atom. The van der Waals surface area contributed by atoms with Crippen LogP contribution in [0.4, 0.5) is 0 Å². The van der Waals surface area contributed by atoms with Gasteiger partial charge in [0.2, 0.25) is 0 Å². The molecule has 0 aliphatic carbocycles. The molecule has 0 atom stereocenters. The SMILES string of the molecule is COC(=O)C=C(N)CN(C)C. The van der Waals surface area contributed by atoms with Gasteiger partial charge < -0.3 is 15.4 Å². The Morgan fingerprint density at radius 1 is 1.64 bits per heavy atom. The fourth-order valence-corrected chi connectivity index (χ4v) is 0.621. The molecule has 0 unspecified atom stereocenters. The van der Waals surface area contributed by atoms with E-state index in [0.717, 1.165) is 0 Å². The van der Waals surface area contributed by atoms with Crippen LogP contribution in [-0.2, 0) is 9.53 Å². The molecule has 4 heteroatoms. The van der Waals surface area contributed by atoms with Crippen molar-refractivity contribution in [2.24, 2.45) is 5.73 Å². The molecular formula is C7H14N2O2. The first-order valence-electron chi connectivity index (χ1n) is 3.25. The second-order valence-corrected chi connectivity index (χ2v) is 2.48. The van der Waals surface area contributed by atoms with E-state index in [4.69, 9.17) is 5.73 Å². The molecule has 0 aromatic carbocycles. The summed E-state index contributed by atoms with van der Waals surface area (Å²) in [5.41, 5.74) is 5.97. The second-order valence-electron chi connectivity index (χ2n) is 2.48. The lowest BCUT2D eigenvalue weighted by Gasteiger charge is -2.08. The Hall–Kier alpha value is -1.03. The first-order valence-corrected chi connectivity index (χ1v) is 3.25. The minimum absolute atomic E-state index is 0.413. The monoisotopic (exact) mass is 158 g/mol. The van der Waals surface area contributed by atoms with Crippen molar-refractivity contribution in [2.45, 2.75) is 0 Å². The number of esters is 1. The number of carbonyl (C=O) groups excluding carboxylic acids is 1. The van der Waals surface area contributed by atoms with E-state index >= 15 is 0 Å². The van der Waals surface area contributed by atoms with Gasteiger partial charge in [0.05, 0.1) is 7.11 Å². The van der Waals surface area contributed by atoms with Gasteiger partial charge in [0.15, 0.2) is 0 Å². The van der Waals surface area contributed by atoms with Crippen LogP contribution in [-0.4, -0.2) is 38.6 Å². The Morgan fingerprint density at radius 3 is 2.55 bits per heavy atom. The van der Waals surface area contributed by atoms with Crippen molar-refractivity contribution >= 4 is 5.97 Å². The topological polar surface area (TPSA) is 55.6 Å². The summed E-state index contributed by atoms with van der Waals surface area (Å²) in [6.07, 6.45) is 1.28. The Bertz CT molecular complexity index is 164. The molecule has 0 heterocycles. The lowest BCUT2D eigenvalue weighted by Crippen LogP contribution is -2.20. The van der Waals surface area contributed by atoms with Crippen molar-refractivity contribution in [3.63, 3.8) is 0 Å². The zero-order chi connectivity index (χ0) is 8.85. The van der Waals surface area contributed by atoms with Crippen LogP contribution < -0.4 is 5.73 Å². The zero-order valence-corrected chi connectivity index (χ0v) is 7.13. The summed E-state index contributed by atoms with van der Waals surface area (Å²) in [6, 6.07) is 0. The van der Waals surface area contributed by atoms with E-state index in [1.54, 1.807) is 0 Å². The molecule has 0 aromatic heterocycles. The van der Waals surface area contributed by atoms with Crippen molar-refractivity contribution in [3.8, 4) is 0 Å². The molecule has 0 bridgehead atoms. The van der Waals surface area contributed by atoms with Gasteiger partial charge in [-0.15, -0.1) is 0 Å².